The van der Waals surface area contributed by atoms with Gasteiger partial charge in [0.2, 0.25) is 5.91 Å². The maximum Gasteiger partial charge on any atom is 0.417 e. The Morgan fingerprint density at radius 1 is 1.09 bits per heavy atom. The number of H-pyrrole nitrogens is 1. The topological polar surface area (TPSA) is 98.7 Å². The van der Waals surface area contributed by atoms with Crippen molar-refractivity contribution in [2.24, 2.45) is 0 Å². The molecule has 1 atom stereocenters. The van der Waals surface area contributed by atoms with Gasteiger partial charge >= 0.3 is 5.76 Å². The number of aryl methyl sites for hydroxylation is 1. The maximum atomic E-state index is 13.0. The van der Waals surface area contributed by atoms with Crippen molar-refractivity contribution in [3.05, 3.63) is 63.6 Å². The Morgan fingerprint density at radius 2 is 1.91 bits per heavy atom. The number of piperazine rings is 1. The molecule has 0 aliphatic carbocycles. The molecule has 0 spiro atoms. The second-order valence-electron chi connectivity index (χ2n) is 8.63. The molecule has 166 valence electrons. The van der Waals surface area contributed by atoms with Crippen molar-refractivity contribution in [2.45, 2.75) is 25.8 Å². The van der Waals surface area contributed by atoms with Crippen molar-refractivity contribution in [1.29, 1.82) is 0 Å². The van der Waals surface area contributed by atoms with Gasteiger partial charge in [-0.15, -0.1) is 0 Å². The maximum absolute atomic E-state index is 13.0. The molecule has 1 saturated heterocycles. The quantitative estimate of drug-likeness (QED) is 0.598. The molecule has 2 aromatic carbocycles. The van der Waals surface area contributed by atoms with Crippen LogP contribution in [0.5, 0.6) is 0 Å². The molecule has 1 amide bonds. The van der Waals surface area contributed by atoms with Gasteiger partial charge in [0, 0.05) is 56.8 Å². The average molecular weight is 434 g/mol. The normalized spacial score (nSPS) is 18.5. The van der Waals surface area contributed by atoms with Crippen molar-refractivity contribution < 1.29 is 14.0 Å². The molecule has 2 aliphatic heterocycles. The third kappa shape index (κ3) is 4.05. The first-order chi connectivity index (χ1) is 15.5. The summed E-state index contributed by atoms with van der Waals surface area (Å²) in [6.07, 6.45) is 1.11. The van der Waals surface area contributed by atoms with E-state index < -0.39 is 5.76 Å². The average Bonchev–Trinajstić information content (AvgIpc) is 3.38. The highest BCUT2D eigenvalue weighted by Gasteiger charge is 2.31. The van der Waals surface area contributed by atoms with E-state index in [9.17, 15) is 14.4 Å². The SMILES string of the molecule is Cc1ccc2c(c1)CC(C(=O)N1CCN(CCC(=O)c3ccc4[nH]c(=O)oc4c3)CC1)N2. The minimum atomic E-state index is -0.524. The Labute approximate surface area is 185 Å². The fourth-order valence-electron chi connectivity index (χ4n) is 4.57. The van der Waals surface area contributed by atoms with E-state index >= 15 is 0 Å². The van der Waals surface area contributed by atoms with E-state index in [-0.39, 0.29) is 17.7 Å². The number of rotatable bonds is 5. The third-order valence-corrected chi connectivity index (χ3v) is 6.39. The number of ketones is 1. The molecule has 2 N–H and O–H groups in total. The van der Waals surface area contributed by atoms with Crippen LogP contribution in [0.4, 0.5) is 5.69 Å². The number of hydrogen-bond acceptors (Lipinski definition) is 6. The molecular weight excluding hydrogens is 408 g/mol. The minimum absolute atomic E-state index is 0.0115. The highest BCUT2D eigenvalue weighted by molar-refractivity contribution is 5.98. The monoisotopic (exact) mass is 434 g/mol. The first-order valence-corrected chi connectivity index (χ1v) is 11.0. The molecule has 32 heavy (non-hydrogen) atoms. The van der Waals surface area contributed by atoms with Gasteiger partial charge in [-0.2, -0.15) is 0 Å². The minimum Gasteiger partial charge on any atom is -0.408 e. The lowest BCUT2D eigenvalue weighted by molar-refractivity contribution is -0.133. The van der Waals surface area contributed by atoms with E-state index in [1.807, 2.05) is 11.0 Å². The van der Waals surface area contributed by atoms with Crippen LogP contribution in [0.25, 0.3) is 11.1 Å². The summed E-state index contributed by atoms with van der Waals surface area (Å²) in [5.41, 5.74) is 4.99. The van der Waals surface area contributed by atoms with Crippen LogP contribution < -0.4 is 11.1 Å². The van der Waals surface area contributed by atoms with Crippen molar-refractivity contribution in [1.82, 2.24) is 14.8 Å². The highest BCUT2D eigenvalue weighted by atomic mass is 16.4. The van der Waals surface area contributed by atoms with Gasteiger partial charge in [-0.05, 0) is 36.8 Å². The third-order valence-electron chi connectivity index (χ3n) is 6.39. The predicted octanol–water partition coefficient (Wildman–Crippen LogP) is 2.18. The van der Waals surface area contributed by atoms with Gasteiger partial charge < -0.3 is 14.6 Å². The molecule has 1 aromatic heterocycles. The zero-order valence-corrected chi connectivity index (χ0v) is 18.0. The van der Waals surface area contributed by atoms with Crippen molar-refractivity contribution in [3.8, 4) is 0 Å². The fraction of sp³-hybridized carbons (Fsp3) is 0.375. The zero-order chi connectivity index (χ0) is 22.2. The smallest absolute Gasteiger partial charge is 0.408 e. The molecule has 3 aromatic rings. The van der Waals surface area contributed by atoms with Crippen molar-refractivity contribution in [3.63, 3.8) is 0 Å². The van der Waals surface area contributed by atoms with Crippen LogP contribution in [-0.2, 0) is 11.2 Å². The number of nitrogens with zero attached hydrogens (tertiary/aromatic N) is 2. The number of benzene rings is 2. The first kappa shape index (κ1) is 20.5. The van der Waals surface area contributed by atoms with Crippen LogP contribution in [0.2, 0.25) is 0 Å². The van der Waals surface area contributed by atoms with E-state index in [0.717, 1.165) is 25.2 Å². The Balaban J connectivity index is 1.11. The van der Waals surface area contributed by atoms with E-state index in [1.54, 1.807) is 18.2 Å². The van der Waals surface area contributed by atoms with E-state index in [1.165, 1.54) is 11.1 Å². The summed E-state index contributed by atoms with van der Waals surface area (Å²) in [6, 6.07) is 11.1. The lowest BCUT2D eigenvalue weighted by Crippen LogP contribution is -2.52. The standard InChI is InChI=1S/C24H26N4O4/c1-15-2-4-18-17(12-15)13-20(25-18)23(30)28-10-8-27(9-11-28)7-6-21(29)16-3-5-19-22(14-16)32-24(31)26-19/h2-5,12,14,20,25H,6-11,13H2,1H3,(H,26,31). The lowest BCUT2D eigenvalue weighted by Gasteiger charge is -2.35. The number of aromatic amines is 1. The number of hydrogen-bond donors (Lipinski definition) is 2. The fourth-order valence-corrected chi connectivity index (χ4v) is 4.57. The highest BCUT2D eigenvalue weighted by Crippen LogP contribution is 2.27. The summed E-state index contributed by atoms with van der Waals surface area (Å²) in [7, 11) is 0. The number of amides is 1. The number of Topliss-reactive ketones (excluding diaryl/α,β-unsaturated/α-hetero) is 1. The van der Waals surface area contributed by atoms with Gasteiger partial charge in [-0.25, -0.2) is 4.79 Å². The Morgan fingerprint density at radius 3 is 2.72 bits per heavy atom. The molecule has 1 unspecified atom stereocenters. The summed E-state index contributed by atoms with van der Waals surface area (Å²) < 4.78 is 5.04. The van der Waals surface area contributed by atoms with Gasteiger partial charge in [0.05, 0.1) is 5.52 Å². The molecule has 1 fully saturated rings. The number of anilines is 1. The molecule has 0 saturated carbocycles. The second kappa shape index (κ2) is 8.27. The molecule has 8 heteroatoms. The number of nitrogens with one attached hydrogen (secondary N) is 2. The molecule has 3 heterocycles. The Kier molecular flexibility index (Phi) is 5.30. The Bertz CT molecular complexity index is 1240. The van der Waals surface area contributed by atoms with Gasteiger partial charge in [0.15, 0.2) is 11.4 Å². The molecule has 5 rings (SSSR count). The van der Waals surface area contributed by atoms with E-state index in [0.29, 0.717) is 42.7 Å². The summed E-state index contributed by atoms with van der Waals surface area (Å²) in [4.78, 5) is 43.6. The number of aromatic nitrogens is 1. The largest absolute Gasteiger partial charge is 0.417 e. The Hall–Kier alpha value is -3.39. The number of fused-ring (bicyclic) bond motifs is 2. The molecular formula is C24H26N4O4. The summed E-state index contributed by atoms with van der Waals surface area (Å²) in [5.74, 6) is -0.364. The van der Waals surface area contributed by atoms with E-state index in [4.69, 9.17) is 4.42 Å². The van der Waals surface area contributed by atoms with Crippen LogP contribution in [-0.4, -0.2) is 65.2 Å². The predicted molar refractivity (Wildman–Crippen MR) is 121 cm³/mol. The van der Waals surface area contributed by atoms with Gasteiger partial charge in [0.1, 0.15) is 6.04 Å². The first-order valence-electron chi connectivity index (χ1n) is 11.0. The van der Waals surface area contributed by atoms with Gasteiger partial charge in [-0.1, -0.05) is 17.7 Å². The summed E-state index contributed by atoms with van der Waals surface area (Å²) in [5, 5.41) is 3.36. The number of carbonyl (C=O) groups is 2. The van der Waals surface area contributed by atoms with Crippen molar-refractivity contribution >= 4 is 28.5 Å². The zero-order valence-electron chi connectivity index (χ0n) is 18.0. The van der Waals surface area contributed by atoms with Crippen LogP contribution in [0.15, 0.2) is 45.6 Å². The molecule has 0 radical (unpaired) electrons. The molecule has 8 nitrogen and oxygen atoms in total. The lowest BCUT2D eigenvalue weighted by atomic mass is 10.1. The van der Waals surface area contributed by atoms with Gasteiger partial charge in [0.25, 0.3) is 0 Å². The second-order valence-corrected chi connectivity index (χ2v) is 8.63. The van der Waals surface area contributed by atoms with Crippen LogP contribution in [0.3, 0.4) is 0 Å². The van der Waals surface area contributed by atoms with Crippen LogP contribution in [0, 0.1) is 6.92 Å². The van der Waals surface area contributed by atoms with E-state index in [2.05, 4.69) is 34.3 Å². The molecule has 2 aliphatic rings. The van der Waals surface area contributed by atoms with Crippen LogP contribution >= 0.6 is 0 Å². The summed E-state index contributed by atoms with van der Waals surface area (Å²) in [6.45, 7) is 5.55. The van der Waals surface area contributed by atoms with Gasteiger partial charge in [-0.3, -0.25) is 19.5 Å². The molecule has 0 bridgehead atoms. The number of carbonyl (C=O) groups excluding carboxylic acids is 2. The number of oxazole rings is 1. The summed E-state index contributed by atoms with van der Waals surface area (Å²) >= 11 is 0. The van der Waals surface area contributed by atoms with Crippen molar-refractivity contribution in [2.75, 3.05) is 38.0 Å². The van der Waals surface area contributed by atoms with Crippen LogP contribution in [0.1, 0.15) is 27.9 Å².